The molecule has 2 rings (SSSR count). The second-order valence-electron chi connectivity index (χ2n) is 4.39. The number of hydrogen-bond donors (Lipinski definition) is 0. The number of carbonyl (C=O) groups excluding carboxylic acids is 2. The van der Waals surface area contributed by atoms with E-state index in [1.165, 1.54) is 0 Å². The third kappa shape index (κ3) is 3.55. The van der Waals surface area contributed by atoms with Gasteiger partial charge in [0, 0.05) is 12.8 Å². The van der Waals surface area contributed by atoms with Crippen molar-refractivity contribution in [3.8, 4) is 0 Å². The largest absolute Gasteiger partial charge is 0.458 e. The zero-order valence-electron chi connectivity index (χ0n) is 10.2. The summed E-state index contributed by atoms with van der Waals surface area (Å²) in [7, 11) is 0. The molecule has 18 heavy (non-hydrogen) atoms. The predicted octanol–water partition coefficient (Wildman–Crippen LogP) is 2.91. The van der Waals surface area contributed by atoms with Gasteiger partial charge in [-0.15, -0.1) is 0 Å². The number of hydrogen-bond acceptors (Lipinski definition) is 3. The van der Waals surface area contributed by atoms with E-state index < -0.39 is 0 Å². The van der Waals surface area contributed by atoms with E-state index in [1.54, 1.807) is 24.3 Å². The van der Waals surface area contributed by atoms with Gasteiger partial charge in [0.25, 0.3) is 0 Å². The van der Waals surface area contributed by atoms with Crippen LogP contribution in [-0.4, -0.2) is 17.9 Å². The van der Waals surface area contributed by atoms with Crippen LogP contribution in [0.15, 0.2) is 42.5 Å². The van der Waals surface area contributed by atoms with E-state index in [0.29, 0.717) is 18.4 Å². The van der Waals surface area contributed by atoms with Crippen molar-refractivity contribution >= 4 is 11.8 Å². The van der Waals surface area contributed by atoms with E-state index >= 15 is 0 Å². The Hall–Kier alpha value is -1.90. The fraction of sp³-hybridized carbons (Fsp3) is 0.333. The molecule has 0 aliphatic heterocycles. The molecular weight excluding hydrogens is 228 g/mol. The minimum atomic E-state index is -0.291. The topological polar surface area (TPSA) is 43.4 Å². The highest BCUT2D eigenvalue weighted by atomic mass is 16.5. The molecule has 0 N–H and O–H groups in total. The Labute approximate surface area is 106 Å². The number of ketones is 1. The lowest BCUT2D eigenvalue weighted by atomic mass is 10.0. The first-order valence-electron chi connectivity index (χ1n) is 6.21. The van der Waals surface area contributed by atoms with E-state index in [-0.39, 0.29) is 17.9 Å². The molecule has 0 radical (unpaired) electrons. The molecule has 0 spiro atoms. The Morgan fingerprint density at radius 1 is 1.22 bits per heavy atom. The monoisotopic (exact) mass is 244 g/mol. The summed E-state index contributed by atoms with van der Waals surface area (Å²) >= 11 is 0. The maximum atomic E-state index is 11.9. The van der Waals surface area contributed by atoms with Crippen LogP contribution in [0.1, 0.15) is 36.0 Å². The minimum absolute atomic E-state index is 0.123. The molecule has 0 aromatic heterocycles. The van der Waals surface area contributed by atoms with E-state index in [9.17, 15) is 9.59 Å². The number of rotatable bonds is 2. The zero-order chi connectivity index (χ0) is 12.8. The fourth-order valence-corrected chi connectivity index (χ4v) is 1.96. The molecule has 1 aromatic carbocycles. The Bertz CT molecular complexity index is 448. The maximum absolute atomic E-state index is 11.9. The zero-order valence-corrected chi connectivity index (χ0v) is 10.2. The van der Waals surface area contributed by atoms with Crippen LogP contribution in [0.25, 0.3) is 0 Å². The maximum Gasteiger partial charge on any atom is 0.338 e. The van der Waals surface area contributed by atoms with Gasteiger partial charge in [0.05, 0.1) is 5.56 Å². The number of allylic oxidation sites excluding steroid dienone is 1. The highest BCUT2D eigenvalue weighted by Crippen LogP contribution is 2.15. The van der Waals surface area contributed by atoms with Crippen molar-refractivity contribution in [2.24, 2.45) is 0 Å². The molecule has 3 heteroatoms. The average molecular weight is 244 g/mol. The Kier molecular flexibility index (Phi) is 4.29. The van der Waals surface area contributed by atoms with Crippen molar-refractivity contribution in [2.75, 3.05) is 0 Å². The summed E-state index contributed by atoms with van der Waals surface area (Å²) in [6, 6.07) is 8.97. The lowest BCUT2D eigenvalue weighted by molar-refractivity contribution is -0.114. The molecule has 1 aliphatic rings. The van der Waals surface area contributed by atoms with Crippen LogP contribution < -0.4 is 0 Å². The molecule has 0 fully saturated rings. The van der Waals surface area contributed by atoms with Gasteiger partial charge in [-0.05, 0) is 31.1 Å². The lowest BCUT2D eigenvalue weighted by Gasteiger charge is -2.17. The molecule has 1 aromatic rings. The molecule has 0 saturated heterocycles. The van der Waals surface area contributed by atoms with Gasteiger partial charge in [0.15, 0.2) is 5.78 Å². The molecule has 0 saturated carbocycles. The summed E-state index contributed by atoms with van der Waals surface area (Å²) in [5.41, 5.74) is 0.569. The van der Waals surface area contributed by atoms with E-state index in [4.69, 9.17) is 4.74 Å². The molecule has 1 unspecified atom stereocenters. The number of benzene rings is 1. The molecular formula is C15H16O3. The Morgan fingerprint density at radius 2 is 2.00 bits per heavy atom. The Morgan fingerprint density at radius 3 is 2.78 bits per heavy atom. The van der Waals surface area contributed by atoms with Gasteiger partial charge in [-0.1, -0.05) is 24.3 Å². The predicted molar refractivity (Wildman–Crippen MR) is 68.3 cm³/mol. The van der Waals surface area contributed by atoms with Gasteiger partial charge in [-0.25, -0.2) is 4.79 Å². The summed E-state index contributed by atoms with van der Waals surface area (Å²) in [5, 5.41) is 0. The molecule has 0 heterocycles. The van der Waals surface area contributed by atoms with Gasteiger partial charge in [0.2, 0.25) is 0 Å². The van der Waals surface area contributed by atoms with Crippen LogP contribution in [0.3, 0.4) is 0 Å². The quantitative estimate of drug-likeness (QED) is 0.751. The molecule has 3 nitrogen and oxygen atoms in total. The van der Waals surface area contributed by atoms with Crippen LogP contribution in [0.2, 0.25) is 0 Å². The highest BCUT2D eigenvalue weighted by Gasteiger charge is 2.16. The van der Waals surface area contributed by atoms with Crippen molar-refractivity contribution in [3.63, 3.8) is 0 Å². The van der Waals surface area contributed by atoms with Crippen LogP contribution in [-0.2, 0) is 9.53 Å². The number of carbonyl (C=O) groups is 2. The first-order chi connectivity index (χ1) is 8.75. The van der Waals surface area contributed by atoms with Crippen molar-refractivity contribution in [3.05, 3.63) is 48.0 Å². The third-order valence-electron chi connectivity index (χ3n) is 2.94. The standard InChI is InChI=1S/C15H16O3/c16-13-8-4-10-14(11-5-9-13)18-15(17)12-6-2-1-3-7-12/h1-4,6-8,14H,5,9-11H2/b8-4-. The van der Waals surface area contributed by atoms with E-state index in [1.807, 2.05) is 18.2 Å². The molecule has 94 valence electrons. The Balaban J connectivity index is 1.95. The van der Waals surface area contributed by atoms with Gasteiger partial charge in [-0.2, -0.15) is 0 Å². The summed E-state index contributed by atoms with van der Waals surface area (Å²) in [6.45, 7) is 0. The fourth-order valence-electron chi connectivity index (χ4n) is 1.96. The van der Waals surface area contributed by atoms with Crippen LogP contribution in [0, 0.1) is 0 Å². The van der Waals surface area contributed by atoms with Gasteiger partial charge in [-0.3, -0.25) is 4.79 Å². The number of ether oxygens (including phenoxy) is 1. The smallest absolute Gasteiger partial charge is 0.338 e. The first-order valence-corrected chi connectivity index (χ1v) is 6.21. The lowest BCUT2D eigenvalue weighted by Crippen LogP contribution is -2.19. The SMILES string of the molecule is O=C1/C=C\CC(OC(=O)c2ccccc2)CCC1. The third-order valence-corrected chi connectivity index (χ3v) is 2.94. The summed E-state index contributed by atoms with van der Waals surface area (Å²) in [4.78, 5) is 23.1. The van der Waals surface area contributed by atoms with Crippen molar-refractivity contribution in [2.45, 2.75) is 31.8 Å². The first kappa shape index (κ1) is 12.6. The summed E-state index contributed by atoms with van der Waals surface area (Å²) in [6.07, 6.45) is 5.93. The summed E-state index contributed by atoms with van der Waals surface area (Å²) < 4.78 is 5.45. The van der Waals surface area contributed by atoms with Crippen LogP contribution >= 0.6 is 0 Å². The van der Waals surface area contributed by atoms with Gasteiger partial charge < -0.3 is 4.74 Å². The average Bonchev–Trinajstić information content (AvgIpc) is 2.37. The molecule has 1 aliphatic carbocycles. The number of esters is 1. The molecule has 1 atom stereocenters. The molecule has 0 amide bonds. The van der Waals surface area contributed by atoms with Crippen molar-refractivity contribution in [1.29, 1.82) is 0 Å². The highest BCUT2D eigenvalue weighted by molar-refractivity contribution is 5.90. The molecule has 0 bridgehead atoms. The normalized spacial score (nSPS) is 21.8. The minimum Gasteiger partial charge on any atom is -0.458 e. The summed E-state index contributed by atoms with van der Waals surface area (Å²) in [5.74, 6) is -0.135. The van der Waals surface area contributed by atoms with Crippen molar-refractivity contribution < 1.29 is 14.3 Å². The second kappa shape index (κ2) is 6.15. The second-order valence-corrected chi connectivity index (χ2v) is 4.39. The van der Waals surface area contributed by atoms with Crippen LogP contribution in [0.4, 0.5) is 0 Å². The van der Waals surface area contributed by atoms with Gasteiger partial charge >= 0.3 is 5.97 Å². The van der Waals surface area contributed by atoms with Gasteiger partial charge in [0.1, 0.15) is 6.10 Å². The van der Waals surface area contributed by atoms with Crippen LogP contribution in [0.5, 0.6) is 0 Å². The van der Waals surface area contributed by atoms with E-state index in [2.05, 4.69) is 0 Å². The van der Waals surface area contributed by atoms with Crippen molar-refractivity contribution in [1.82, 2.24) is 0 Å². The van der Waals surface area contributed by atoms with E-state index in [0.717, 1.165) is 12.8 Å².